The molecule has 0 aliphatic heterocycles. The van der Waals surface area contributed by atoms with Crippen LogP contribution >= 0.6 is 0 Å². The summed E-state index contributed by atoms with van der Waals surface area (Å²) in [4.78, 5) is 4.63. The molecule has 0 spiro atoms. The molecule has 0 aliphatic carbocycles. The third-order valence-electron chi connectivity index (χ3n) is 2.88. The van der Waals surface area contributed by atoms with Crippen molar-refractivity contribution in [3.05, 3.63) is 60.7 Å². The number of hydrogen-bond acceptors (Lipinski definition) is 2. The third-order valence-corrected chi connectivity index (χ3v) is 2.88. The maximum absolute atomic E-state index is 5.22. The molecule has 1 heterocycles. The summed E-state index contributed by atoms with van der Waals surface area (Å²) in [6.45, 7) is 0. The minimum Gasteiger partial charge on any atom is -0.516 e. The van der Waals surface area contributed by atoms with Gasteiger partial charge in [0.25, 0.3) is 0 Å². The van der Waals surface area contributed by atoms with Crippen LogP contribution in [0.2, 0.25) is 0 Å². The summed E-state index contributed by atoms with van der Waals surface area (Å²) in [5.41, 5.74) is 2.85. The normalized spacial score (nSPS) is 9.95. The Morgan fingerprint density at radius 1 is 1.05 bits per heavy atom. The van der Waals surface area contributed by atoms with Crippen LogP contribution in [0, 0.1) is 6.07 Å². The summed E-state index contributed by atoms with van der Waals surface area (Å²) >= 11 is 0. The van der Waals surface area contributed by atoms with Gasteiger partial charge in [-0.25, -0.2) is 0 Å². The molecule has 1 aromatic heterocycles. The fourth-order valence-corrected chi connectivity index (χ4v) is 1.94. The molecule has 0 fully saturated rings. The Morgan fingerprint density at radius 3 is 2.74 bits per heavy atom. The van der Waals surface area contributed by atoms with Gasteiger partial charge in [0.2, 0.25) is 0 Å². The molecule has 3 heteroatoms. The summed E-state index contributed by atoms with van der Waals surface area (Å²) in [6.07, 6.45) is 0. The van der Waals surface area contributed by atoms with E-state index in [-0.39, 0.29) is 20.1 Å². The van der Waals surface area contributed by atoms with Gasteiger partial charge >= 0.3 is 0 Å². The second-order valence-electron chi connectivity index (χ2n) is 4.03. The van der Waals surface area contributed by atoms with Crippen LogP contribution in [0.5, 0.6) is 5.75 Å². The summed E-state index contributed by atoms with van der Waals surface area (Å²) in [7, 11) is 1.66. The summed E-state index contributed by atoms with van der Waals surface area (Å²) < 4.78 is 5.22. The van der Waals surface area contributed by atoms with Crippen LogP contribution in [0.1, 0.15) is 0 Å². The fraction of sp³-hybridized carbons (Fsp3) is 0.0625. The number of ether oxygens (including phenoxy) is 1. The van der Waals surface area contributed by atoms with E-state index >= 15 is 0 Å². The molecule has 2 aromatic carbocycles. The van der Waals surface area contributed by atoms with Crippen LogP contribution in [0.15, 0.2) is 54.6 Å². The Kier molecular flexibility index (Phi) is 4.31. The second-order valence-corrected chi connectivity index (χ2v) is 4.03. The third kappa shape index (κ3) is 2.83. The van der Waals surface area contributed by atoms with E-state index in [9.17, 15) is 0 Å². The van der Waals surface area contributed by atoms with Gasteiger partial charge in [-0.05, 0) is 17.1 Å². The van der Waals surface area contributed by atoms with E-state index in [0.717, 1.165) is 27.9 Å². The van der Waals surface area contributed by atoms with Crippen LogP contribution in [0.4, 0.5) is 0 Å². The molecule has 3 rings (SSSR count). The second kappa shape index (κ2) is 5.96. The van der Waals surface area contributed by atoms with Crippen LogP contribution in [0.25, 0.3) is 22.2 Å². The number of hydrogen-bond donors (Lipinski definition) is 0. The summed E-state index contributed by atoms with van der Waals surface area (Å²) in [5, 5.41) is 1.14. The van der Waals surface area contributed by atoms with Crippen LogP contribution in [-0.2, 0) is 20.1 Å². The van der Waals surface area contributed by atoms with Gasteiger partial charge in [0.15, 0.2) is 0 Å². The molecule has 0 N–H and O–H groups in total. The summed E-state index contributed by atoms with van der Waals surface area (Å²) in [5.74, 6) is 0.818. The summed E-state index contributed by atoms with van der Waals surface area (Å²) in [6, 6.07) is 21.0. The fourth-order valence-electron chi connectivity index (χ4n) is 1.94. The van der Waals surface area contributed by atoms with Crippen LogP contribution < -0.4 is 4.74 Å². The van der Waals surface area contributed by atoms with Gasteiger partial charge in [-0.3, -0.25) is 4.98 Å². The molecule has 19 heavy (non-hydrogen) atoms. The van der Waals surface area contributed by atoms with Crippen molar-refractivity contribution in [2.75, 3.05) is 7.11 Å². The van der Waals surface area contributed by atoms with E-state index in [2.05, 4.69) is 23.2 Å². The van der Waals surface area contributed by atoms with E-state index in [1.165, 1.54) is 0 Å². The molecule has 1 radical (unpaired) electrons. The SMILES string of the molecule is COc1cc[c-]c(-c2ccc3ccccc3n2)c1.[Ir]. The number of nitrogens with zero attached hydrogens (tertiary/aromatic N) is 1. The molecule has 0 amide bonds. The average molecular weight is 426 g/mol. The molecule has 2 nitrogen and oxygen atoms in total. The maximum Gasteiger partial charge on any atom is 0.0751 e. The number of pyridine rings is 1. The minimum atomic E-state index is 0. The van der Waals surface area contributed by atoms with Gasteiger partial charge in [0.05, 0.1) is 12.6 Å². The van der Waals surface area contributed by atoms with Crippen molar-refractivity contribution in [1.82, 2.24) is 4.98 Å². The zero-order valence-corrected chi connectivity index (χ0v) is 12.8. The Labute approximate surface area is 125 Å². The molecule has 0 atom stereocenters. The van der Waals surface area contributed by atoms with E-state index in [1.807, 2.05) is 42.5 Å². The Balaban J connectivity index is 0.00000133. The molecule has 0 saturated carbocycles. The van der Waals surface area contributed by atoms with Crippen molar-refractivity contribution in [1.29, 1.82) is 0 Å². The number of methoxy groups -OCH3 is 1. The van der Waals surface area contributed by atoms with Gasteiger partial charge in [-0.1, -0.05) is 30.3 Å². The number of rotatable bonds is 2. The predicted octanol–water partition coefficient (Wildman–Crippen LogP) is 3.71. The first-order chi connectivity index (χ1) is 8.86. The molecule has 0 unspecified atom stereocenters. The molecule has 0 aliphatic rings. The first-order valence-electron chi connectivity index (χ1n) is 5.79. The maximum atomic E-state index is 5.22. The van der Waals surface area contributed by atoms with Gasteiger partial charge in [0, 0.05) is 25.9 Å². The topological polar surface area (TPSA) is 22.1 Å². The number of fused-ring (bicyclic) bond motifs is 1. The predicted molar refractivity (Wildman–Crippen MR) is 72.6 cm³/mol. The Bertz CT molecular complexity index is 697. The van der Waals surface area contributed by atoms with E-state index in [0.29, 0.717) is 0 Å². The van der Waals surface area contributed by atoms with Gasteiger partial charge < -0.3 is 4.74 Å². The molecule has 0 bridgehead atoms. The molecular weight excluding hydrogens is 414 g/mol. The van der Waals surface area contributed by atoms with Crippen LogP contribution in [0.3, 0.4) is 0 Å². The van der Waals surface area contributed by atoms with Crippen molar-refractivity contribution < 1.29 is 24.8 Å². The number of para-hydroxylation sites is 1. The van der Waals surface area contributed by atoms with E-state index in [4.69, 9.17) is 4.74 Å². The molecular formula is C16H12IrNO-. The van der Waals surface area contributed by atoms with Crippen molar-refractivity contribution in [2.45, 2.75) is 0 Å². The van der Waals surface area contributed by atoms with Crippen molar-refractivity contribution in [2.24, 2.45) is 0 Å². The van der Waals surface area contributed by atoms with Gasteiger partial charge in [-0.2, -0.15) is 0 Å². The monoisotopic (exact) mass is 427 g/mol. The van der Waals surface area contributed by atoms with Gasteiger partial charge in [-0.15, -0.1) is 29.8 Å². The molecule has 97 valence electrons. The van der Waals surface area contributed by atoms with Crippen molar-refractivity contribution in [3.63, 3.8) is 0 Å². The zero-order valence-electron chi connectivity index (χ0n) is 10.4. The number of aromatic nitrogens is 1. The quantitative estimate of drug-likeness (QED) is 0.583. The molecule has 0 saturated heterocycles. The minimum absolute atomic E-state index is 0. The Hall–Kier alpha value is -1.70. The van der Waals surface area contributed by atoms with Crippen molar-refractivity contribution >= 4 is 10.9 Å². The van der Waals surface area contributed by atoms with E-state index in [1.54, 1.807) is 7.11 Å². The smallest absolute Gasteiger partial charge is 0.0751 e. The van der Waals surface area contributed by atoms with Crippen molar-refractivity contribution in [3.8, 4) is 17.0 Å². The average Bonchev–Trinajstić information content (AvgIpc) is 2.47. The number of benzene rings is 2. The zero-order chi connectivity index (χ0) is 12.4. The first-order valence-corrected chi connectivity index (χ1v) is 5.79. The van der Waals surface area contributed by atoms with Crippen LogP contribution in [-0.4, -0.2) is 12.1 Å². The Morgan fingerprint density at radius 2 is 1.89 bits per heavy atom. The van der Waals surface area contributed by atoms with E-state index < -0.39 is 0 Å². The standard InChI is InChI=1S/C16H12NO.Ir/c1-18-14-7-4-6-13(11-14)16-10-9-12-5-2-3-8-15(12)17-16;/h2-5,7-11H,1H3;/q-1;. The first kappa shape index (κ1) is 13.7. The largest absolute Gasteiger partial charge is 0.516 e. The molecule has 3 aromatic rings. The van der Waals surface area contributed by atoms with Gasteiger partial charge in [0.1, 0.15) is 0 Å².